The zero-order chi connectivity index (χ0) is 19.4. The second kappa shape index (κ2) is 8.54. The molecule has 1 aliphatic heterocycles. The molecule has 0 radical (unpaired) electrons. The molecule has 142 valence electrons. The molecule has 27 heavy (non-hydrogen) atoms. The van der Waals surface area contributed by atoms with E-state index in [2.05, 4.69) is 21.2 Å². The van der Waals surface area contributed by atoms with Gasteiger partial charge in [-0.3, -0.25) is 9.59 Å². The van der Waals surface area contributed by atoms with Gasteiger partial charge in [0.2, 0.25) is 5.91 Å². The zero-order valence-corrected chi connectivity index (χ0v) is 16.7. The molecule has 0 spiro atoms. The van der Waals surface area contributed by atoms with Gasteiger partial charge in [-0.05, 0) is 46.3 Å². The SMILES string of the molecule is COc1ccc(C(=O)c2cc(Br)c(OC3CCOC3)cc2NC(C)=O)cc1. The Balaban J connectivity index is 1.95. The van der Waals surface area contributed by atoms with Crippen molar-refractivity contribution < 1.29 is 23.8 Å². The molecule has 1 atom stereocenters. The monoisotopic (exact) mass is 433 g/mol. The van der Waals surface area contributed by atoms with Crippen LogP contribution in [0.4, 0.5) is 5.69 Å². The molecule has 0 saturated carbocycles. The Bertz CT molecular complexity index is 844. The molecule has 0 bridgehead atoms. The minimum Gasteiger partial charge on any atom is -0.497 e. The first kappa shape index (κ1) is 19.4. The van der Waals surface area contributed by atoms with E-state index in [0.717, 1.165) is 6.42 Å². The summed E-state index contributed by atoms with van der Waals surface area (Å²) in [5.74, 6) is 0.743. The number of ether oxygens (including phenoxy) is 3. The third kappa shape index (κ3) is 4.67. The van der Waals surface area contributed by atoms with Crippen molar-refractivity contribution in [3.05, 3.63) is 52.0 Å². The lowest BCUT2D eigenvalue weighted by molar-refractivity contribution is -0.114. The van der Waals surface area contributed by atoms with Crippen LogP contribution in [0.15, 0.2) is 40.9 Å². The van der Waals surface area contributed by atoms with E-state index in [4.69, 9.17) is 14.2 Å². The van der Waals surface area contributed by atoms with Gasteiger partial charge in [-0.15, -0.1) is 0 Å². The molecule has 1 fully saturated rings. The van der Waals surface area contributed by atoms with Crippen molar-refractivity contribution >= 4 is 33.3 Å². The van der Waals surface area contributed by atoms with Crippen LogP contribution in [0.3, 0.4) is 0 Å². The molecule has 2 aromatic rings. The van der Waals surface area contributed by atoms with Crippen LogP contribution < -0.4 is 14.8 Å². The summed E-state index contributed by atoms with van der Waals surface area (Å²) in [6.45, 7) is 2.58. The number of hydrogen-bond acceptors (Lipinski definition) is 5. The topological polar surface area (TPSA) is 73.9 Å². The van der Waals surface area contributed by atoms with Gasteiger partial charge < -0.3 is 19.5 Å². The second-order valence-corrected chi connectivity index (χ2v) is 7.02. The van der Waals surface area contributed by atoms with E-state index in [9.17, 15) is 9.59 Å². The Morgan fingerprint density at radius 2 is 1.96 bits per heavy atom. The highest BCUT2D eigenvalue weighted by Gasteiger charge is 2.22. The van der Waals surface area contributed by atoms with Crippen LogP contribution in [0.2, 0.25) is 0 Å². The number of anilines is 1. The number of amides is 1. The van der Waals surface area contributed by atoms with E-state index in [0.29, 0.717) is 46.0 Å². The van der Waals surface area contributed by atoms with E-state index < -0.39 is 0 Å². The third-order valence-electron chi connectivity index (χ3n) is 4.16. The largest absolute Gasteiger partial charge is 0.497 e. The van der Waals surface area contributed by atoms with Crippen LogP contribution in [0.1, 0.15) is 29.3 Å². The van der Waals surface area contributed by atoms with Crippen LogP contribution in [0.25, 0.3) is 0 Å². The number of carbonyl (C=O) groups excluding carboxylic acids is 2. The second-order valence-electron chi connectivity index (χ2n) is 6.17. The highest BCUT2D eigenvalue weighted by molar-refractivity contribution is 9.10. The smallest absolute Gasteiger partial charge is 0.221 e. The van der Waals surface area contributed by atoms with Gasteiger partial charge in [-0.1, -0.05) is 0 Å². The number of ketones is 1. The first-order chi connectivity index (χ1) is 13.0. The fourth-order valence-corrected chi connectivity index (χ4v) is 3.24. The molecule has 0 aliphatic carbocycles. The number of halogens is 1. The summed E-state index contributed by atoms with van der Waals surface area (Å²) < 4.78 is 17.0. The van der Waals surface area contributed by atoms with Crippen LogP contribution >= 0.6 is 15.9 Å². The van der Waals surface area contributed by atoms with E-state index in [1.165, 1.54) is 6.92 Å². The van der Waals surface area contributed by atoms with E-state index >= 15 is 0 Å². The van der Waals surface area contributed by atoms with Gasteiger partial charge in [0.05, 0.1) is 30.5 Å². The number of nitrogens with one attached hydrogen (secondary N) is 1. The lowest BCUT2D eigenvalue weighted by Gasteiger charge is -2.17. The molecule has 2 aromatic carbocycles. The average Bonchev–Trinajstić information content (AvgIpc) is 3.16. The molecule has 1 N–H and O–H groups in total. The van der Waals surface area contributed by atoms with Gasteiger partial charge in [0, 0.05) is 30.5 Å². The number of hydrogen-bond donors (Lipinski definition) is 1. The van der Waals surface area contributed by atoms with Gasteiger partial charge in [-0.2, -0.15) is 0 Å². The van der Waals surface area contributed by atoms with Crippen molar-refractivity contribution in [2.45, 2.75) is 19.4 Å². The number of benzene rings is 2. The highest BCUT2D eigenvalue weighted by Crippen LogP contribution is 2.34. The van der Waals surface area contributed by atoms with Crippen molar-refractivity contribution in [2.75, 3.05) is 25.6 Å². The lowest BCUT2D eigenvalue weighted by atomic mass is 10.0. The predicted octanol–water partition coefficient (Wildman–Crippen LogP) is 3.81. The Morgan fingerprint density at radius 1 is 1.22 bits per heavy atom. The minimum atomic E-state index is -0.267. The Labute approximate surface area is 165 Å². The van der Waals surface area contributed by atoms with Gasteiger partial charge in [0.1, 0.15) is 17.6 Å². The molecule has 1 aliphatic rings. The van der Waals surface area contributed by atoms with Crippen LogP contribution in [-0.4, -0.2) is 38.1 Å². The fraction of sp³-hybridized carbons (Fsp3) is 0.300. The van der Waals surface area contributed by atoms with Crippen LogP contribution in [0, 0.1) is 0 Å². The van der Waals surface area contributed by atoms with E-state index in [1.54, 1.807) is 43.5 Å². The van der Waals surface area contributed by atoms with Crippen LogP contribution in [0.5, 0.6) is 11.5 Å². The third-order valence-corrected chi connectivity index (χ3v) is 4.78. The maximum Gasteiger partial charge on any atom is 0.221 e. The summed E-state index contributed by atoms with van der Waals surface area (Å²) in [5.41, 5.74) is 1.27. The molecule has 1 amide bonds. The molecule has 0 aromatic heterocycles. The quantitative estimate of drug-likeness (QED) is 0.700. The van der Waals surface area contributed by atoms with Gasteiger partial charge in [0.25, 0.3) is 0 Å². The summed E-state index contributed by atoms with van der Waals surface area (Å²) in [4.78, 5) is 24.6. The normalized spacial score (nSPS) is 16.0. The summed E-state index contributed by atoms with van der Waals surface area (Å²) in [6.07, 6.45) is 0.753. The standard InChI is InChI=1S/C20H20BrNO5/c1-12(23)22-18-10-19(27-15-7-8-26-11-15)17(21)9-16(18)20(24)13-3-5-14(25-2)6-4-13/h3-6,9-10,15H,7-8,11H2,1-2H3,(H,22,23). The number of carbonyl (C=O) groups is 2. The maximum atomic E-state index is 13.0. The molecular weight excluding hydrogens is 414 g/mol. The van der Waals surface area contributed by atoms with Crippen molar-refractivity contribution in [1.82, 2.24) is 0 Å². The maximum absolute atomic E-state index is 13.0. The average molecular weight is 434 g/mol. The first-order valence-corrected chi connectivity index (χ1v) is 9.31. The zero-order valence-electron chi connectivity index (χ0n) is 15.1. The van der Waals surface area contributed by atoms with Gasteiger partial charge >= 0.3 is 0 Å². The molecular formula is C20H20BrNO5. The minimum absolute atomic E-state index is 0.0467. The summed E-state index contributed by atoms with van der Waals surface area (Å²) in [6, 6.07) is 10.2. The number of rotatable bonds is 6. The molecule has 3 rings (SSSR count). The predicted molar refractivity (Wildman–Crippen MR) is 105 cm³/mol. The lowest BCUT2D eigenvalue weighted by Crippen LogP contribution is -2.17. The fourth-order valence-electron chi connectivity index (χ4n) is 2.81. The Morgan fingerprint density at radius 3 is 2.56 bits per heavy atom. The van der Waals surface area contributed by atoms with Crippen molar-refractivity contribution in [1.29, 1.82) is 0 Å². The molecule has 6 nitrogen and oxygen atoms in total. The summed E-state index contributed by atoms with van der Waals surface area (Å²) >= 11 is 3.47. The Hall–Kier alpha value is -2.38. The summed E-state index contributed by atoms with van der Waals surface area (Å²) in [7, 11) is 1.57. The number of methoxy groups -OCH3 is 1. The van der Waals surface area contributed by atoms with Gasteiger partial charge in [-0.25, -0.2) is 0 Å². The van der Waals surface area contributed by atoms with E-state index in [1.807, 2.05) is 0 Å². The molecule has 1 heterocycles. The van der Waals surface area contributed by atoms with Crippen molar-refractivity contribution in [3.8, 4) is 11.5 Å². The Kier molecular flexibility index (Phi) is 6.13. The first-order valence-electron chi connectivity index (χ1n) is 8.52. The van der Waals surface area contributed by atoms with Gasteiger partial charge in [0.15, 0.2) is 5.78 Å². The van der Waals surface area contributed by atoms with Crippen molar-refractivity contribution in [2.24, 2.45) is 0 Å². The van der Waals surface area contributed by atoms with Crippen molar-refractivity contribution in [3.63, 3.8) is 0 Å². The molecule has 1 saturated heterocycles. The van der Waals surface area contributed by atoms with E-state index in [-0.39, 0.29) is 17.8 Å². The molecule has 1 unspecified atom stereocenters. The summed E-state index contributed by atoms with van der Waals surface area (Å²) in [5, 5.41) is 2.72. The molecule has 7 heteroatoms. The van der Waals surface area contributed by atoms with Crippen LogP contribution in [-0.2, 0) is 9.53 Å². The highest BCUT2D eigenvalue weighted by atomic mass is 79.9.